The van der Waals surface area contributed by atoms with Gasteiger partial charge in [-0.3, -0.25) is 19.8 Å². The highest BCUT2D eigenvalue weighted by Crippen LogP contribution is 2.25. The van der Waals surface area contributed by atoms with E-state index in [1.54, 1.807) is 29.0 Å². The lowest BCUT2D eigenvalue weighted by Crippen LogP contribution is -2.40. The van der Waals surface area contributed by atoms with Crippen molar-refractivity contribution in [1.29, 1.82) is 5.26 Å². The first kappa shape index (κ1) is 24.1. The summed E-state index contributed by atoms with van der Waals surface area (Å²) in [6.45, 7) is 8.29. The number of anilines is 1. The second-order valence-corrected chi connectivity index (χ2v) is 7.91. The number of carbonyl (C=O) groups excluding carboxylic acids is 2. The van der Waals surface area contributed by atoms with E-state index in [4.69, 9.17) is 5.26 Å². The van der Waals surface area contributed by atoms with Crippen molar-refractivity contribution < 1.29 is 9.59 Å². The number of nitriles is 1. The van der Waals surface area contributed by atoms with Gasteiger partial charge in [-0.2, -0.15) is 5.26 Å². The Kier molecular flexibility index (Phi) is 8.77. The van der Waals surface area contributed by atoms with E-state index >= 15 is 0 Å². The molecule has 1 aromatic carbocycles. The minimum atomic E-state index is -0.139. The van der Waals surface area contributed by atoms with Crippen molar-refractivity contribution in [2.45, 2.75) is 52.6 Å². The van der Waals surface area contributed by atoms with Crippen LogP contribution in [-0.4, -0.2) is 42.5 Å². The Balaban J connectivity index is 0.000000323. The monoisotopic (exact) mass is 420 g/mol. The zero-order valence-electron chi connectivity index (χ0n) is 19.1. The van der Waals surface area contributed by atoms with E-state index in [2.05, 4.69) is 25.2 Å². The van der Waals surface area contributed by atoms with Crippen LogP contribution in [0.3, 0.4) is 0 Å². The van der Waals surface area contributed by atoms with E-state index in [0.717, 1.165) is 24.1 Å². The van der Waals surface area contributed by atoms with Gasteiger partial charge in [0.05, 0.1) is 23.3 Å². The molecule has 2 unspecified atom stereocenters. The van der Waals surface area contributed by atoms with Gasteiger partial charge in [-0.05, 0) is 45.7 Å². The number of benzene rings is 1. The molecule has 0 saturated heterocycles. The van der Waals surface area contributed by atoms with Crippen molar-refractivity contribution >= 4 is 17.5 Å². The van der Waals surface area contributed by atoms with Crippen LogP contribution in [0.2, 0.25) is 0 Å². The van der Waals surface area contributed by atoms with Gasteiger partial charge < -0.3 is 4.90 Å². The molecule has 1 aliphatic carbocycles. The zero-order chi connectivity index (χ0) is 23.0. The molecule has 0 aromatic heterocycles. The second-order valence-electron chi connectivity index (χ2n) is 7.91. The number of nitrogens with zero attached hydrogens (tertiary/aromatic N) is 3. The molecular formula is C25H32N4O2. The predicted molar refractivity (Wildman–Crippen MR) is 124 cm³/mol. The summed E-state index contributed by atoms with van der Waals surface area (Å²) in [5, 5.41) is 11.5. The van der Waals surface area contributed by atoms with E-state index < -0.39 is 0 Å². The lowest BCUT2D eigenvalue weighted by molar-refractivity contribution is -0.125. The molecule has 6 nitrogen and oxygen atoms in total. The molecule has 0 bridgehead atoms. The quantitative estimate of drug-likeness (QED) is 0.803. The van der Waals surface area contributed by atoms with Gasteiger partial charge in [-0.15, -0.1) is 0 Å². The van der Waals surface area contributed by atoms with Crippen LogP contribution in [0.25, 0.3) is 0 Å². The highest BCUT2D eigenvalue weighted by molar-refractivity contribution is 6.15. The van der Waals surface area contributed by atoms with Gasteiger partial charge in [-0.25, -0.2) is 0 Å². The van der Waals surface area contributed by atoms with Crippen LogP contribution >= 0.6 is 0 Å². The third-order valence-electron chi connectivity index (χ3n) is 5.22. The first-order chi connectivity index (χ1) is 14.8. The number of likely N-dealkylation sites (N-methyl/N-ethyl adjacent to an activating group) is 1. The molecule has 3 rings (SSSR count). The molecule has 164 valence electrons. The topological polar surface area (TPSA) is 76.4 Å². The third-order valence-corrected chi connectivity index (χ3v) is 5.22. The van der Waals surface area contributed by atoms with Crippen molar-refractivity contribution in [1.82, 2.24) is 10.2 Å². The van der Waals surface area contributed by atoms with Gasteiger partial charge in [0, 0.05) is 18.8 Å². The van der Waals surface area contributed by atoms with E-state index in [9.17, 15) is 9.59 Å². The summed E-state index contributed by atoms with van der Waals surface area (Å²) in [6.07, 6.45) is 9.12. The van der Waals surface area contributed by atoms with E-state index in [0.29, 0.717) is 17.2 Å². The lowest BCUT2D eigenvalue weighted by atomic mass is 10.1. The van der Waals surface area contributed by atoms with Gasteiger partial charge in [0.25, 0.3) is 11.8 Å². The fraction of sp³-hybridized carbons (Fsp3) is 0.400. The third kappa shape index (κ3) is 6.40. The lowest BCUT2D eigenvalue weighted by Gasteiger charge is -2.25. The molecule has 0 spiro atoms. The zero-order valence-corrected chi connectivity index (χ0v) is 19.1. The van der Waals surface area contributed by atoms with Gasteiger partial charge in [0.2, 0.25) is 0 Å². The Morgan fingerprint density at radius 2 is 1.65 bits per heavy atom. The molecule has 6 heteroatoms. The number of hydrogen-bond donors (Lipinski definition) is 1. The summed E-state index contributed by atoms with van der Waals surface area (Å²) in [6, 6.07) is 10.3. The Morgan fingerprint density at radius 1 is 1.06 bits per heavy atom. The molecule has 2 atom stereocenters. The molecule has 1 aliphatic heterocycles. The molecule has 0 fully saturated rings. The average molecular weight is 421 g/mol. The summed E-state index contributed by atoms with van der Waals surface area (Å²) >= 11 is 0. The summed E-state index contributed by atoms with van der Waals surface area (Å²) in [7, 11) is 1.72. The Hall–Kier alpha value is -3.17. The second kappa shape index (κ2) is 11.3. The first-order valence-electron chi connectivity index (χ1n) is 10.7. The summed E-state index contributed by atoms with van der Waals surface area (Å²) in [4.78, 5) is 28.6. The van der Waals surface area contributed by atoms with Crippen molar-refractivity contribution in [2.75, 3.05) is 18.6 Å². The normalized spacial score (nSPS) is 17.8. The Labute approximate surface area is 185 Å². The highest BCUT2D eigenvalue weighted by atomic mass is 16.2. The van der Waals surface area contributed by atoms with Crippen molar-refractivity contribution in [3.05, 3.63) is 65.3 Å². The largest absolute Gasteiger partial charge is 0.323 e. The molecular weight excluding hydrogens is 388 g/mol. The fourth-order valence-electron chi connectivity index (χ4n) is 3.20. The van der Waals surface area contributed by atoms with E-state index in [-0.39, 0.29) is 24.5 Å². The Morgan fingerprint density at radius 3 is 2.19 bits per heavy atom. The molecule has 31 heavy (non-hydrogen) atoms. The van der Waals surface area contributed by atoms with Crippen LogP contribution in [0.1, 0.15) is 39.2 Å². The van der Waals surface area contributed by atoms with Crippen molar-refractivity contribution in [3.8, 4) is 6.07 Å². The van der Waals surface area contributed by atoms with E-state index in [1.165, 1.54) is 0 Å². The maximum atomic E-state index is 12.9. The van der Waals surface area contributed by atoms with Crippen LogP contribution in [0.5, 0.6) is 0 Å². The van der Waals surface area contributed by atoms with Gasteiger partial charge in [0.15, 0.2) is 0 Å². The predicted octanol–water partition coefficient (Wildman–Crippen LogP) is 3.86. The molecule has 0 saturated carbocycles. The average Bonchev–Trinajstić information content (AvgIpc) is 3.06. The van der Waals surface area contributed by atoms with Gasteiger partial charge in [-0.1, -0.05) is 48.9 Å². The van der Waals surface area contributed by atoms with Gasteiger partial charge >= 0.3 is 0 Å². The number of nitrogens with one attached hydrogen (secondary N) is 1. The minimum Gasteiger partial charge on any atom is -0.323 e. The fourth-order valence-corrected chi connectivity index (χ4v) is 3.20. The van der Waals surface area contributed by atoms with Crippen LogP contribution < -0.4 is 10.2 Å². The van der Waals surface area contributed by atoms with Gasteiger partial charge in [0.1, 0.15) is 6.67 Å². The van der Waals surface area contributed by atoms with Crippen LogP contribution in [0, 0.1) is 18.3 Å². The molecule has 2 aliphatic rings. The minimum absolute atomic E-state index is 0.0139. The Bertz CT molecular complexity index is 922. The SMILES string of the molecule is CCC(C)NC(C)C#N.Cc1ccc(N2CN(C)C(=O)C3=C(C=CCC=C3)C2=O)cc1. The smallest absolute Gasteiger partial charge is 0.260 e. The summed E-state index contributed by atoms with van der Waals surface area (Å²) in [5.74, 6) is -0.264. The van der Waals surface area contributed by atoms with Crippen molar-refractivity contribution in [3.63, 3.8) is 0 Å². The van der Waals surface area contributed by atoms with E-state index in [1.807, 2.05) is 50.3 Å². The van der Waals surface area contributed by atoms with Crippen LogP contribution in [0.15, 0.2) is 59.7 Å². The standard InChI is InChI=1S/C18H18N2O2.C7H14N2/c1-13-8-10-14(11-9-13)20-12-19(2)17(21)15-6-4-3-5-7-16(15)18(20)22;1-4-6(2)9-7(3)5-8/h4-11H,3,12H2,1-2H3;6-7,9H,4H2,1-3H3. The highest BCUT2D eigenvalue weighted by Gasteiger charge is 2.31. The summed E-state index contributed by atoms with van der Waals surface area (Å²) in [5.41, 5.74) is 2.86. The van der Waals surface area contributed by atoms with Crippen LogP contribution in [-0.2, 0) is 9.59 Å². The number of rotatable bonds is 4. The van der Waals surface area contributed by atoms with Crippen LogP contribution in [0.4, 0.5) is 5.69 Å². The number of allylic oxidation sites excluding steroid dienone is 2. The molecule has 0 radical (unpaired) electrons. The number of aryl methyl sites for hydroxylation is 1. The number of hydrogen-bond acceptors (Lipinski definition) is 4. The molecule has 1 heterocycles. The number of carbonyl (C=O) groups is 2. The van der Waals surface area contributed by atoms with Crippen molar-refractivity contribution in [2.24, 2.45) is 0 Å². The molecule has 1 aromatic rings. The first-order valence-corrected chi connectivity index (χ1v) is 10.7. The molecule has 2 amide bonds. The molecule has 1 N–H and O–H groups in total. The maximum Gasteiger partial charge on any atom is 0.260 e. The maximum absolute atomic E-state index is 12.9. The summed E-state index contributed by atoms with van der Waals surface area (Å²) < 4.78 is 0. The number of amides is 2.